The van der Waals surface area contributed by atoms with Gasteiger partial charge in [-0.3, -0.25) is 24.1 Å². The second kappa shape index (κ2) is 13.8. The number of nitrogens with two attached hydrogens (primary N) is 1. The van der Waals surface area contributed by atoms with Gasteiger partial charge in [0.1, 0.15) is 54.2 Å². The number of hydrogen-bond acceptors (Lipinski definition) is 13. The number of carboxylic acid groups (broad SMARTS) is 2. The summed E-state index contributed by atoms with van der Waals surface area (Å²) >= 11 is 1.19. The van der Waals surface area contributed by atoms with E-state index < -0.39 is 91.1 Å². The van der Waals surface area contributed by atoms with E-state index in [1.165, 1.54) is 11.8 Å². The second-order valence-electron chi connectivity index (χ2n) is 9.98. The van der Waals surface area contributed by atoms with Gasteiger partial charge in [0.05, 0.1) is 6.61 Å². The highest BCUT2D eigenvalue weighted by molar-refractivity contribution is 8.00. The zero-order valence-electron chi connectivity index (χ0n) is 22.5. The fraction of sp³-hybridized carbons (Fsp3) is 0.500. The molecule has 2 fully saturated rings. The van der Waals surface area contributed by atoms with Crippen LogP contribution in [-0.2, 0) is 33.4 Å². The Morgan fingerprint density at radius 2 is 1.79 bits per heavy atom. The monoisotopic (exact) mass is 625 g/mol. The SMILES string of the molecule is N[C@@H](CCC(=O)O)C(=O)OC[C@H]1O[C@@H](OCC2=C(C(=O)O)N3C(=O)[C@@H](NC(=O)c4ccccc4)[C@H]3SC2)[C@H](O)[C@@H](O)[C@H]1O. The molecule has 16 nitrogen and oxygen atoms in total. The quantitative estimate of drug-likeness (QED) is 0.0944. The molecule has 3 aliphatic rings. The molecular formula is C26H31N3O13S. The number of β-lactam (4-membered cyclic amide) rings is 1. The lowest BCUT2D eigenvalue weighted by atomic mass is 9.99. The van der Waals surface area contributed by atoms with E-state index in [-0.39, 0.29) is 29.9 Å². The van der Waals surface area contributed by atoms with Crippen molar-refractivity contribution in [2.24, 2.45) is 5.73 Å². The number of aliphatic hydroxyl groups is 3. The van der Waals surface area contributed by atoms with Gasteiger partial charge < -0.3 is 50.8 Å². The van der Waals surface area contributed by atoms with Gasteiger partial charge in [0.25, 0.3) is 11.8 Å². The van der Waals surface area contributed by atoms with Crippen LogP contribution < -0.4 is 11.1 Å². The molecule has 2 amide bonds. The minimum atomic E-state index is -1.80. The van der Waals surface area contributed by atoms with Crippen LogP contribution in [0.25, 0.3) is 0 Å². The molecule has 8 atom stereocenters. The van der Waals surface area contributed by atoms with Crippen molar-refractivity contribution in [3.8, 4) is 0 Å². The minimum Gasteiger partial charge on any atom is -0.481 e. The Hall–Kier alpha value is -3.58. The van der Waals surface area contributed by atoms with Crippen LogP contribution in [0.5, 0.6) is 0 Å². The zero-order chi connectivity index (χ0) is 31.4. The number of amides is 2. The highest BCUT2D eigenvalue weighted by Gasteiger charge is 2.54. The number of nitrogens with zero attached hydrogens (tertiary/aromatic N) is 1. The average molecular weight is 626 g/mol. The number of ether oxygens (including phenoxy) is 3. The van der Waals surface area contributed by atoms with Crippen LogP contribution in [0.15, 0.2) is 41.6 Å². The van der Waals surface area contributed by atoms with E-state index in [1.807, 2.05) is 0 Å². The number of aliphatic hydroxyl groups excluding tert-OH is 3. The number of rotatable bonds is 12. The molecule has 0 radical (unpaired) electrons. The van der Waals surface area contributed by atoms with Crippen LogP contribution in [-0.4, -0.2) is 127 Å². The summed E-state index contributed by atoms with van der Waals surface area (Å²) in [5.74, 6) is -4.59. The first-order valence-electron chi connectivity index (χ1n) is 13.1. The first-order chi connectivity index (χ1) is 20.4. The molecule has 17 heteroatoms. The molecule has 0 spiro atoms. The third-order valence-electron chi connectivity index (χ3n) is 7.02. The molecule has 8 N–H and O–H groups in total. The van der Waals surface area contributed by atoms with Crippen LogP contribution in [0.1, 0.15) is 23.2 Å². The van der Waals surface area contributed by atoms with Crippen molar-refractivity contribution >= 4 is 41.5 Å². The van der Waals surface area contributed by atoms with Gasteiger partial charge in [-0.15, -0.1) is 11.8 Å². The summed E-state index contributed by atoms with van der Waals surface area (Å²) in [6.07, 6.45) is -8.85. The molecule has 2 saturated heterocycles. The van der Waals surface area contributed by atoms with E-state index in [0.717, 1.165) is 4.90 Å². The molecule has 0 aliphatic carbocycles. The molecule has 234 valence electrons. The number of carbonyl (C=O) groups is 5. The largest absolute Gasteiger partial charge is 0.481 e. The molecule has 43 heavy (non-hydrogen) atoms. The van der Waals surface area contributed by atoms with Crippen LogP contribution >= 0.6 is 11.8 Å². The molecule has 0 bridgehead atoms. The normalized spacial score (nSPS) is 29.3. The maximum atomic E-state index is 12.9. The Morgan fingerprint density at radius 1 is 1.09 bits per heavy atom. The Labute approximate surface area is 248 Å². The topological polar surface area (TPSA) is 255 Å². The third kappa shape index (κ3) is 7.15. The van der Waals surface area contributed by atoms with Gasteiger partial charge in [-0.05, 0) is 24.1 Å². The molecule has 0 saturated carbocycles. The smallest absolute Gasteiger partial charge is 0.352 e. The molecule has 1 aromatic carbocycles. The Kier molecular flexibility index (Phi) is 10.4. The standard InChI is InChI=1S/C26H31N3O13S/c27-13(6-7-15(30)31)25(39)40-9-14-18(32)19(33)20(34)26(42-14)41-8-12-10-43-23-16(22(36)29(23)17(12)24(37)38)28-21(35)11-4-2-1-3-5-11/h1-5,13-14,16,18-20,23,26,32-34H,6-10,27H2,(H,28,35)(H,30,31)(H,37,38)/t13-,14+,16+,18-,19-,20+,23+,26+/m0/s1. The van der Waals surface area contributed by atoms with E-state index >= 15 is 0 Å². The molecule has 3 aliphatic heterocycles. The number of nitrogens with one attached hydrogen (secondary N) is 1. The van der Waals surface area contributed by atoms with E-state index in [2.05, 4.69) is 5.32 Å². The second-order valence-corrected chi connectivity index (χ2v) is 11.1. The predicted molar refractivity (Wildman–Crippen MR) is 144 cm³/mol. The minimum absolute atomic E-state index is 0.0804. The number of aliphatic carboxylic acids is 2. The van der Waals surface area contributed by atoms with Gasteiger partial charge in [0.2, 0.25) is 0 Å². The molecule has 3 heterocycles. The van der Waals surface area contributed by atoms with Gasteiger partial charge in [-0.2, -0.15) is 0 Å². The molecule has 0 aromatic heterocycles. The lowest BCUT2D eigenvalue weighted by Crippen LogP contribution is -2.70. The summed E-state index contributed by atoms with van der Waals surface area (Å²) in [6, 6.07) is 6.00. The van der Waals surface area contributed by atoms with Gasteiger partial charge in [-0.1, -0.05) is 18.2 Å². The van der Waals surface area contributed by atoms with E-state index in [9.17, 15) is 44.4 Å². The van der Waals surface area contributed by atoms with Gasteiger partial charge in [0.15, 0.2) is 6.29 Å². The maximum Gasteiger partial charge on any atom is 0.352 e. The number of hydrogen-bond donors (Lipinski definition) is 7. The lowest BCUT2D eigenvalue weighted by molar-refractivity contribution is -0.299. The number of carboxylic acids is 2. The average Bonchev–Trinajstić information content (AvgIpc) is 2.99. The fourth-order valence-corrected chi connectivity index (χ4v) is 5.98. The van der Waals surface area contributed by atoms with Crippen molar-refractivity contribution < 1.29 is 63.7 Å². The Bertz CT molecular complexity index is 1280. The highest BCUT2D eigenvalue weighted by atomic mass is 32.2. The van der Waals surface area contributed by atoms with Gasteiger partial charge >= 0.3 is 17.9 Å². The Balaban J connectivity index is 1.38. The van der Waals surface area contributed by atoms with Gasteiger partial charge in [0, 0.05) is 17.7 Å². The van der Waals surface area contributed by atoms with E-state index in [0.29, 0.717) is 5.56 Å². The lowest BCUT2D eigenvalue weighted by Gasteiger charge is -2.49. The maximum absolute atomic E-state index is 12.9. The first kappa shape index (κ1) is 32.3. The van der Waals surface area contributed by atoms with E-state index in [4.69, 9.17) is 25.1 Å². The van der Waals surface area contributed by atoms with Crippen LogP contribution in [0, 0.1) is 0 Å². The first-order valence-corrected chi connectivity index (χ1v) is 14.2. The summed E-state index contributed by atoms with van der Waals surface area (Å²) in [6.45, 7) is -1.08. The number of fused-ring (bicyclic) bond motifs is 1. The van der Waals surface area contributed by atoms with Crippen molar-refractivity contribution in [1.82, 2.24) is 10.2 Å². The molecule has 1 aromatic rings. The van der Waals surface area contributed by atoms with E-state index in [1.54, 1.807) is 30.3 Å². The van der Waals surface area contributed by atoms with Gasteiger partial charge in [-0.25, -0.2) is 4.79 Å². The van der Waals surface area contributed by atoms with Crippen LogP contribution in [0.3, 0.4) is 0 Å². The summed E-state index contributed by atoms with van der Waals surface area (Å²) < 4.78 is 16.0. The molecule has 0 unspecified atom stereocenters. The number of carbonyl (C=O) groups excluding carboxylic acids is 3. The summed E-state index contributed by atoms with van der Waals surface area (Å²) in [5, 5.41) is 51.5. The highest BCUT2D eigenvalue weighted by Crippen LogP contribution is 2.40. The summed E-state index contributed by atoms with van der Waals surface area (Å²) in [4.78, 5) is 61.4. The molecule has 4 rings (SSSR count). The summed E-state index contributed by atoms with van der Waals surface area (Å²) in [5.41, 5.74) is 5.73. The van der Waals surface area contributed by atoms with Crippen molar-refractivity contribution in [2.45, 2.75) is 61.0 Å². The molecular weight excluding hydrogens is 594 g/mol. The zero-order valence-corrected chi connectivity index (χ0v) is 23.3. The van der Waals surface area contributed by atoms with Crippen molar-refractivity contribution in [1.29, 1.82) is 0 Å². The third-order valence-corrected chi connectivity index (χ3v) is 8.36. The summed E-state index contributed by atoms with van der Waals surface area (Å²) in [7, 11) is 0. The van der Waals surface area contributed by atoms with Crippen molar-refractivity contribution in [3.05, 3.63) is 47.2 Å². The van der Waals surface area contributed by atoms with Crippen LogP contribution in [0.2, 0.25) is 0 Å². The number of esters is 1. The Morgan fingerprint density at radius 3 is 2.44 bits per heavy atom. The predicted octanol–water partition coefficient (Wildman–Crippen LogP) is -2.40. The van der Waals surface area contributed by atoms with Crippen molar-refractivity contribution in [2.75, 3.05) is 19.0 Å². The number of benzene rings is 1. The van der Waals surface area contributed by atoms with Crippen LogP contribution in [0.4, 0.5) is 0 Å². The fourth-order valence-electron chi connectivity index (χ4n) is 4.65. The number of thioether (sulfide) groups is 1. The van der Waals surface area contributed by atoms with Crippen molar-refractivity contribution in [3.63, 3.8) is 0 Å².